The van der Waals surface area contributed by atoms with Crippen LogP contribution in [0.25, 0.3) is 42.1 Å². The summed E-state index contributed by atoms with van der Waals surface area (Å²) in [5.41, 5.74) is 4.62. The molecule has 5 rings (SSSR count). The van der Waals surface area contributed by atoms with Crippen molar-refractivity contribution in [2.45, 2.75) is 13.5 Å². The number of benzene rings is 4. The first-order chi connectivity index (χ1) is 12.8. The van der Waals surface area contributed by atoms with Crippen LogP contribution in [0.2, 0.25) is 0 Å². The first kappa shape index (κ1) is 15.6. The summed E-state index contributed by atoms with van der Waals surface area (Å²) >= 11 is 1.87. The standard InChI is InChI=1S/C24H18OS/c1-15-22(17-9-3-2-8-16(17)14-25)18-10-4-5-11-19(18)24-23(15)20-12-6-7-13-21(20)26-24/h2-13,25H,14H2,1H3. The Morgan fingerprint density at radius 3 is 2.23 bits per heavy atom. The highest BCUT2D eigenvalue weighted by atomic mass is 32.1. The largest absolute Gasteiger partial charge is 0.392 e. The Bertz CT molecular complexity index is 1280. The van der Waals surface area contributed by atoms with Gasteiger partial charge in [0.05, 0.1) is 6.61 Å². The molecule has 0 saturated heterocycles. The van der Waals surface area contributed by atoms with Crippen molar-refractivity contribution in [3.8, 4) is 11.1 Å². The molecular formula is C24H18OS. The van der Waals surface area contributed by atoms with Gasteiger partial charge in [0.2, 0.25) is 0 Å². The average molecular weight is 354 g/mol. The second-order valence-electron chi connectivity index (χ2n) is 6.66. The monoisotopic (exact) mass is 354 g/mol. The Balaban J connectivity index is 2.05. The van der Waals surface area contributed by atoms with E-state index in [-0.39, 0.29) is 6.61 Å². The van der Waals surface area contributed by atoms with Crippen molar-refractivity contribution in [2.24, 2.45) is 0 Å². The van der Waals surface area contributed by atoms with E-state index in [2.05, 4.69) is 67.6 Å². The zero-order valence-corrected chi connectivity index (χ0v) is 15.3. The van der Waals surface area contributed by atoms with Gasteiger partial charge in [0, 0.05) is 25.6 Å². The summed E-state index contributed by atoms with van der Waals surface area (Å²) in [5, 5.41) is 15.1. The number of aryl methyl sites for hydroxylation is 1. The van der Waals surface area contributed by atoms with Crippen molar-refractivity contribution < 1.29 is 5.11 Å². The highest BCUT2D eigenvalue weighted by Crippen LogP contribution is 2.45. The van der Waals surface area contributed by atoms with Gasteiger partial charge in [-0.2, -0.15) is 0 Å². The van der Waals surface area contributed by atoms with E-state index in [1.165, 1.54) is 42.1 Å². The fourth-order valence-corrected chi connectivity index (χ4v) is 5.38. The van der Waals surface area contributed by atoms with Crippen molar-refractivity contribution >= 4 is 42.3 Å². The lowest BCUT2D eigenvalue weighted by atomic mass is 9.88. The topological polar surface area (TPSA) is 20.2 Å². The summed E-state index contributed by atoms with van der Waals surface area (Å²) < 4.78 is 2.67. The normalized spacial score (nSPS) is 11.6. The average Bonchev–Trinajstić information content (AvgIpc) is 3.09. The molecule has 0 bridgehead atoms. The molecule has 0 amide bonds. The number of hydrogen-bond donors (Lipinski definition) is 1. The van der Waals surface area contributed by atoms with Crippen LogP contribution in [0.5, 0.6) is 0 Å². The van der Waals surface area contributed by atoms with E-state index >= 15 is 0 Å². The predicted molar refractivity (Wildman–Crippen MR) is 113 cm³/mol. The van der Waals surface area contributed by atoms with E-state index in [9.17, 15) is 5.11 Å². The van der Waals surface area contributed by atoms with Gasteiger partial charge in [0.25, 0.3) is 0 Å². The molecule has 0 fully saturated rings. The Kier molecular flexibility index (Phi) is 3.56. The van der Waals surface area contributed by atoms with Crippen LogP contribution in [0.4, 0.5) is 0 Å². The van der Waals surface area contributed by atoms with Crippen LogP contribution in [0.15, 0.2) is 72.8 Å². The van der Waals surface area contributed by atoms with Gasteiger partial charge >= 0.3 is 0 Å². The van der Waals surface area contributed by atoms with E-state index in [4.69, 9.17) is 0 Å². The molecule has 1 nitrogen and oxygen atoms in total. The van der Waals surface area contributed by atoms with Gasteiger partial charge in [-0.05, 0) is 40.6 Å². The van der Waals surface area contributed by atoms with E-state index in [0.717, 1.165) is 11.1 Å². The third-order valence-electron chi connectivity index (χ3n) is 5.24. The zero-order chi connectivity index (χ0) is 17.7. The molecule has 0 spiro atoms. The van der Waals surface area contributed by atoms with Gasteiger partial charge in [-0.3, -0.25) is 0 Å². The third kappa shape index (κ3) is 2.13. The molecule has 4 aromatic carbocycles. The second-order valence-corrected chi connectivity index (χ2v) is 7.72. The molecule has 0 atom stereocenters. The predicted octanol–water partition coefficient (Wildman–Crippen LogP) is 6.68. The fraction of sp³-hybridized carbons (Fsp3) is 0.0833. The van der Waals surface area contributed by atoms with Gasteiger partial charge < -0.3 is 5.11 Å². The van der Waals surface area contributed by atoms with Crippen molar-refractivity contribution in [3.63, 3.8) is 0 Å². The number of aliphatic hydroxyl groups excluding tert-OH is 1. The maximum atomic E-state index is 9.89. The van der Waals surface area contributed by atoms with E-state index < -0.39 is 0 Å². The Morgan fingerprint density at radius 2 is 1.42 bits per heavy atom. The Hall–Kier alpha value is -2.68. The Labute approximate surface area is 156 Å². The molecule has 0 aliphatic rings. The van der Waals surface area contributed by atoms with Crippen LogP contribution >= 0.6 is 11.3 Å². The summed E-state index contributed by atoms with van der Waals surface area (Å²) in [6, 6.07) is 25.5. The highest BCUT2D eigenvalue weighted by molar-refractivity contribution is 7.26. The van der Waals surface area contributed by atoms with Crippen molar-refractivity contribution in [1.82, 2.24) is 0 Å². The van der Waals surface area contributed by atoms with Crippen LogP contribution in [-0.4, -0.2) is 5.11 Å². The van der Waals surface area contributed by atoms with Gasteiger partial charge in [-0.15, -0.1) is 11.3 Å². The van der Waals surface area contributed by atoms with E-state index in [1.54, 1.807) is 0 Å². The summed E-state index contributed by atoms with van der Waals surface area (Å²) in [4.78, 5) is 0. The molecule has 1 aromatic heterocycles. The van der Waals surface area contributed by atoms with E-state index in [0.29, 0.717) is 0 Å². The van der Waals surface area contributed by atoms with Crippen LogP contribution in [0, 0.1) is 6.92 Å². The first-order valence-electron chi connectivity index (χ1n) is 8.81. The van der Waals surface area contributed by atoms with E-state index in [1.807, 2.05) is 23.5 Å². The molecular weight excluding hydrogens is 336 g/mol. The van der Waals surface area contributed by atoms with Crippen molar-refractivity contribution in [3.05, 3.63) is 83.9 Å². The van der Waals surface area contributed by atoms with Gasteiger partial charge in [0.15, 0.2) is 0 Å². The molecule has 1 heterocycles. The minimum absolute atomic E-state index is 0.0480. The third-order valence-corrected chi connectivity index (χ3v) is 6.45. The van der Waals surface area contributed by atoms with Crippen molar-refractivity contribution in [1.29, 1.82) is 0 Å². The quantitative estimate of drug-likeness (QED) is 0.375. The van der Waals surface area contributed by atoms with Gasteiger partial charge in [-0.25, -0.2) is 0 Å². The summed E-state index contributed by atoms with van der Waals surface area (Å²) in [5.74, 6) is 0. The number of thiophene rings is 1. The van der Waals surface area contributed by atoms with Crippen LogP contribution in [0.3, 0.4) is 0 Å². The lowest BCUT2D eigenvalue weighted by molar-refractivity contribution is 0.282. The molecule has 1 N–H and O–H groups in total. The lowest BCUT2D eigenvalue weighted by Crippen LogP contribution is -1.93. The van der Waals surface area contributed by atoms with Crippen LogP contribution in [0.1, 0.15) is 11.1 Å². The smallest absolute Gasteiger partial charge is 0.0687 e. The second kappa shape index (κ2) is 5.94. The fourth-order valence-electron chi connectivity index (χ4n) is 4.08. The maximum Gasteiger partial charge on any atom is 0.0687 e. The zero-order valence-electron chi connectivity index (χ0n) is 14.5. The number of aliphatic hydroxyl groups is 1. The van der Waals surface area contributed by atoms with Gasteiger partial charge in [0.1, 0.15) is 0 Å². The summed E-state index contributed by atoms with van der Waals surface area (Å²) in [6.07, 6.45) is 0. The molecule has 0 unspecified atom stereocenters. The Morgan fingerprint density at radius 1 is 0.769 bits per heavy atom. The maximum absolute atomic E-state index is 9.89. The highest BCUT2D eigenvalue weighted by Gasteiger charge is 2.18. The molecule has 126 valence electrons. The molecule has 0 saturated carbocycles. The molecule has 26 heavy (non-hydrogen) atoms. The first-order valence-corrected chi connectivity index (χ1v) is 9.63. The molecule has 0 aliphatic heterocycles. The SMILES string of the molecule is Cc1c(-c2ccccc2CO)c2ccccc2c2sc3ccccc3c12. The van der Waals surface area contributed by atoms with Crippen LogP contribution < -0.4 is 0 Å². The molecule has 0 radical (unpaired) electrons. The minimum atomic E-state index is 0.0480. The number of fused-ring (bicyclic) bond motifs is 5. The molecule has 5 aromatic rings. The van der Waals surface area contributed by atoms with Crippen LogP contribution in [-0.2, 0) is 6.61 Å². The number of rotatable bonds is 2. The summed E-state index contributed by atoms with van der Waals surface area (Å²) in [6.45, 7) is 2.27. The number of hydrogen-bond acceptors (Lipinski definition) is 2. The van der Waals surface area contributed by atoms with Gasteiger partial charge in [-0.1, -0.05) is 66.7 Å². The lowest BCUT2D eigenvalue weighted by Gasteiger charge is -2.16. The molecule has 2 heteroatoms. The van der Waals surface area contributed by atoms with Crippen molar-refractivity contribution in [2.75, 3.05) is 0 Å². The molecule has 0 aliphatic carbocycles. The minimum Gasteiger partial charge on any atom is -0.392 e. The summed E-state index contributed by atoms with van der Waals surface area (Å²) in [7, 11) is 0.